The average Bonchev–Trinajstić information content (AvgIpc) is 2.59. The number of nitrogens with one attached hydrogen (secondary N) is 1. The second kappa shape index (κ2) is 8.00. The Bertz CT molecular complexity index is 834. The van der Waals surface area contributed by atoms with E-state index in [0.717, 1.165) is 22.9 Å². The van der Waals surface area contributed by atoms with Gasteiger partial charge in [0.2, 0.25) is 5.91 Å². The Hall–Kier alpha value is -3.03. The Morgan fingerprint density at radius 1 is 1.25 bits per heavy atom. The number of carbonyl (C=O) groups is 1. The van der Waals surface area contributed by atoms with Gasteiger partial charge in [0.15, 0.2) is 0 Å². The molecular weight excluding hydrogens is 322 g/mol. The van der Waals surface area contributed by atoms with E-state index in [4.69, 9.17) is 16.3 Å². The summed E-state index contributed by atoms with van der Waals surface area (Å²) < 4.78 is 0. The standard InChI is InChI=1S/C17H15N5OS/c1-11-2-4-12(5-3-11)9-21-15(23)10-24-17-14(8-19)6-13(7-18)16(20)22-17/h2-6H,9-10H2,1H3,(H2,20,22)(H,21,23). The van der Waals surface area contributed by atoms with Crippen LogP contribution >= 0.6 is 11.8 Å². The molecule has 0 saturated carbocycles. The summed E-state index contributed by atoms with van der Waals surface area (Å²) in [5, 5.41) is 21.2. The summed E-state index contributed by atoms with van der Waals surface area (Å²) in [6.45, 7) is 2.44. The van der Waals surface area contributed by atoms with Gasteiger partial charge in [-0.25, -0.2) is 4.98 Å². The van der Waals surface area contributed by atoms with E-state index in [9.17, 15) is 4.79 Å². The highest BCUT2D eigenvalue weighted by atomic mass is 32.2. The summed E-state index contributed by atoms with van der Waals surface area (Å²) >= 11 is 1.12. The third-order valence-electron chi connectivity index (χ3n) is 3.21. The lowest BCUT2D eigenvalue weighted by molar-refractivity contribution is -0.118. The van der Waals surface area contributed by atoms with Gasteiger partial charge in [-0.2, -0.15) is 10.5 Å². The fourth-order valence-electron chi connectivity index (χ4n) is 1.88. The molecule has 1 aromatic carbocycles. The molecule has 0 atom stereocenters. The lowest BCUT2D eigenvalue weighted by atomic mass is 10.1. The fourth-order valence-corrected chi connectivity index (χ4v) is 2.67. The molecule has 1 amide bonds. The smallest absolute Gasteiger partial charge is 0.230 e. The van der Waals surface area contributed by atoms with Crippen molar-refractivity contribution in [2.75, 3.05) is 11.5 Å². The maximum Gasteiger partial charge on any atom is 0.230 e. The van der Waals surface area contributed by atoms with E-state index in [1.54, 1.807) is 0 Å². The first-order chi connectivity index (χ1) is 11.5. The minimum absolute atomic E-state index is 0.0547. The van der Waals surface area contributed by atoms with Crippen LogP contribution in [0.1, 0.15) is 22.3 Å². The third-order valence-corrected chi connectivity index (χ3v) is 4.20. The average molecular weight is 337 g/mol. The molecule has 0 unspecified atom stereocenters. The number of rotatable bonds is 5. The van der Waals surface area contributed by atoms with Gasteiger partial charge in [-0.3, -0.25) is 4.79 Å². The maximum atomic E-state index is 11.9. The highest BCUT2D eigenvalue weighted by Crippen LogP contribution is 2.23. The predicted molar refractivity (Wildman–Crippen MR) is 91.8 cm³/mol. The number of nitriles is 2. The first-order valence-electron chi connectivity index (χ1n) is 7.09. The van der Waals surface area contributed by atoms with Crippen molar-refractivity contribution in [3.05, 3.63) is 52.6 Å². The van der Waals surface area contributed by atoms with Gasteiger partial charge in [0.05, 0.1) is 16.9 Å². The van der Waals surface area contributed by atoms with Crippen molar-refractivity contribution < 1.29 is 4.79 Å². The molecule has 0 aliphatic rings. The molecule has 0 aliphatic carbocycles. The number of benzene rings is 1. The highest BCUT2D eigenvalue weighted by molar-refractivity contribution is 8.00. The number of amides is 1. The monoisotopic (exact) mass is 337 g/mol. The number of nitrogens with zero attached hydrogens (tertiary/aromatic N) is 3. The number of carbonyl (C=O) groups excluding carboxylic acids is 1. The van der Waals surface area contributed by atoms with Crippen LogP contribution in [0.3, 0.4) is 0 Å². The first-order valence-corrected chi connectivity index (χ1v) is 8.08. The lowest BCUT2D eigenvalue weighted by Crippen LogP contribution is -2.24. The van der Waals surface area contributed by atoms with Crippen LogP contribution in [0.25, 0.3) is 0 Å². The minimum atomic E-state index is -0.172. The van der Waals surface area contributed by atoms with E-state index in [-0.39, 0.29) is 28.6 Å². The zero-order valence-corrected chi connectivity index (χ0v) is 13.9. The second-order valence-electron chi connectivity index (χ2n) is 5.05. The normalized spacial score (nSPS) is 9.79. The van der Waals surface area contributed by atoms with Crippen LogP contribution in [-0.2, 0) is 11.3 Å². The Morgan fingerprint density at radius 2 is 1.92 bits per heavy atom. The summed E-state index contributed by atoms with van der Waals surface area (Å²) in [5.74, 6) is -0.00735. The number of anilines is 1. The van der Waals surface area contributed by atoms with Crippen LogP contribution in [0, 0.1) is 29.6 Å². The Morgan fingerprint density at radius 3 is 2.54 bits per heavy atom. The Kier molecular flexibility index (Phi) is 5.78. The summed E-state index contributed by atoms with van der Waals surface area (Å²) in [4.78, 5) is 16.0. The zero-order valence-electron chi connectivity index (χ0n) is 13.0. The summed E-state index contributed by atoms with van der Waals surface area (Å²) in [5.41, 5.74) is 8.21. The topological polar surface area (TPSA) is 116 Å². The molecular formula is C17H15N5OS. The quantitative estimate of drug-likeness (QED) is 0.807. The van der Waals surface area contributed by atoms with Crippen LogP contribution in [0.4, 0.5) is 5.82 Å². The van der Waals surface area contributed by atoms with Crippen molar-refractivity contribution in [3.8, 4) is 12.1 Å². The van der Waals surface area contributed by atoms with Gasteiger partial charge in [0.1, 0.15) is 23.0 Å². The lowest BCUT2D eigenvalue weighted by Gasteiger charge is -2.07. The van der Waals surface area contributed by atoms with E-state index in [2.05, 4.69) is 10.3 Å². The fraction of sp³-hybridized carbons (Fsp3) is 0.176. The number of pyridine rings is 1. The number of hydrogen-bond acceptors (Lipinski definition) is 6. The largest absolute Gasteiger partial charge is 0.383 e. The number of nitrogen functional groups attached to an aromatic ring is 1. The molecule has 0 spiro atoms. The van der Waals surface area contributed by atoms with Gasteiger partial charge in [-0.15, -0.1) is 0 Å². The molecule has 0 aliphatic heterocycles. The van der Waals surface area contributed by atoms with Gasteiger partial charge in [0, 0.05) is 6.54 Å². The van der Waals surface area contributed by atoms with Gasteiger partial charge >= 0.3 is 0 Å². The molecule has 1 heterocycles. The van der Waals surface area contributed by atoms with Gasteiger partial charge < -0.3 is 11.1 Å². The number of thioether (sulfide) groups is 1. The predicted octanol–water partition coefficient (Wildman–Crippen LogP) is 2.12. The van der Waals surface area contributed by atoms with Crippen molar-refractivity contribution in [1.82, 2.24) is 10.3 Å². The molecule has 3 N–H and O–H groups in total. The minimum Gasteiger partial charge on any atom is -0.383 e. The molecule has 2 rings (SSSR count). The molecule has 1 aromatic heterocycles. The molecule has 0 radical (unpaired) electrons. The third kappa shape index (κ3) is 4.48. The van der Waals surface area contributed by atoms with Crippen molar-refractivity contribution in [2.45, 2.75) is 18.5 Å². The van der Waals surface area contributed by atoms with Crippen molar-refractivity contribution in [1.29, 1.82) is 10.5 Å². The van der Waals surface area contributed by atoms with Crippen LogP contribution in [0.15, 0.2) is 35.4 Å². The summed E-state index contributed by atoms with van der Waals surface area (Å²) in [7, 11) is 0. The molecule has 0 bridgehead atoms. The second-order valence-corrected chi connectivity index (χ2v) is 6.01. The SMILES string of the molecule is Cc1ccc(CNC(=O)CSc2nc(N)c(C#N)cc2C#N)cc1. The molecule has 6 nitrogen and oxygen atoms in total. The van der Waals surface area contributed by atoms with Gasteiger partial charge in [-0.1, -0.05) is 41.6 Å². The molecule has 0 saturated heterocycles. The highest BCUT2D eigenvalue weighted by Gasteiger charge is 2.12. The Labute approximate surface area is 144 Å². The van der Waals surface area contributed by atoms with E-state index >= 15 is 0 Å². The van der Waals surface area contributed by atoms with Crippen molar-refractivity contribution in [2.24, 2.45) is 0 Å². The zero-order chi connectivity index (χ0) is 17.5. The van der Waals surface area contributed by atoms with E-state index in [1.165, 1.54) is 6.07 Å². The maximum absolute atomic E-state index is 11.9. The molecule has 24 heavy (non-hydrogen) atoms. The van der Waals surface area contributed by atoms with Gasteiger partial charge in [-0.05, 0) is 18.6 Å². The van der Waals surface area contributed by atoms with Crippen molar-refractivity contribution in [3.63, 3.8) is 0 Å². The van der Waals surface area contributed by atoms with Crippen LogP contribution in [-0.4, -0.2) is 16.6 Å². The first kappa shape index (κ1) is 17.3. The molecule has 0 fully saturated rings. The van der Waals surface area contributed by atoms with Crippen LogP contribution in [0.5, 0.6) is 0 Å². The summed E-state index contributed by atoms with van der Waals surface area (Å²) in [6.07, 6.45) is 0. The Balaban J connectivity index is 1.94. The van der Waals surface area contributed by atoms with E-state index < -0.39 is 0 Å². The molecule has 2 aromatic rings. The van der Waals surface area contributed by atoms with Crippen LogP contribution in [0.2, 0.25) is 0 Å². The van der Waals surface area contributed by atoms with E-state index in [1.807, 2.05) is 43.3 Å². The van der Waals surface area contributed by atoms with Gasteiger partial charge in [0.25, 0.3) is 0 Å². The van der Waals surface area contributed by atoms with Crippen molar-refractivity contribution >= 4 is 23.5 Å². The van der Waals surface area contributed by atoms with Crippen LogP contribution < -0.4 is 11.1 Å². The summed E-state index contributed by atoms with van der Waals surface area (Å²) in [6, 6.07) is 13.1. The number of aromatic nitrogens is 1. The molecule has 120 valence electrons. The molecule has 7 heteroatoms. The number of hydrogen-bond donors (Lipinski definition) is 2. The number of nitrogens with two attached hydrogens (primary N) is 1. The number of aryl methyl sites for hydroxylation is 1. The van der Waals surface area contributed by atoms with E-state index in [0.29, 0.717) is 11.6 Å².